The molecule has 1 aromatic heterocycles. The monoisotopic (exact) mass is 316 g/mol. The number of hydrogen-bond acceptors (Lipinski definition) is 2. The first-order valence-electron chi connectivity index (χ1n) is 6.17. The lowest BCUT2D eigenvalue weighted by atomic mass is 10.1. The van der Waals surface area contributed by atoms with E-state index in [2.05, 4.69) is 40.0 Å². The van der Waals surface area contributed by atoms with Crippen LogP contribution in [0.4, 0.5) is 0 Å². The van der Waals surface area contributed by atoms with Crippen molar-refractivity contribution in [1.82, 2.24) is 9.88 Å². The van der Waals surface area contributed by atoms with Gasteiger partial charge in [-0.05, 0) is 42.3 Å². The van der Waals surface area contributed by atoms with Gasteiger partial charge in [-0.1, -0.05) is 28.1 Å². The molecule has 3 rings (SSSR count). The summed E-state index contributed by atoms with van der Waals surface area (Å²) in [5.74, 6) is -0.0135. The Bertz CT molecular complexity index is 627. The van der Waals surface area contributed by atoms with Gasteiger partial charge in [0, 0.05) is 17.2 Å². The van der Waals surface area contributed by atoms with E-state index in [1.807, 2.05) is 23.1 Å². The van der Waals surface area contributed by atoms with Crippen molar-refractivity contribution < 1.29 is 4.79 Å². The van der Waals surface area contributed by atoms with E-state index in [1.54, 1.807) is 12.3 Å². The van der Waals surface area contributed by atoms with Crippen molar-refractivity contribution in [1.29, 1.82) is 0 Å². The van der Waals surface area contributed by atoms with Crippen molar-refractivity contribution in [3.05, 3.63) is 63.9 Å². The average Bonchev–Trinajstić information content (AvgIpc) is 2.75. The molecule has 1 aromatic carbocycles. The maximum absolute atomic E-state index is 12.5. The van der Waals surface area contributed by atoms with E-state index in [9.17, 15) is 4.79 Å². The minimum Gasteiger partial charge on any atom is -0.326 e. The Morgan fingerprint density at radius 1 is 1.37 bits per heavy atom. The zero-order chi connectivity index (χ0) is 13.4. The molecular weight excluding hydrogens is 304 g/mol. The zero-order valence-corrected chi connectivity index (χ0v) is 12.1. The lowest BCUT2D eigenvalue weighted by molar-refractivity contribution is 0.0699. The molecule has 4 heteroatoms. The summed E-state index contributed by atoms with van der Waals surface area (Å²) in [5.41, 5.74) is 2.92. The molecule has 0 saturated carbocycles. The summed E-state index contributed by atoms with van der Waals surface area (Å²) in [6.07, 6.45) is 1.65. The first-order chi connectivity index (χ1) is 9.16. The van der Waals surface area contributed by atoms with Crippen LogP contribution in [0.25, 0.3) is 0 Å². The van der Waals surface area contributed by atoms with Gasteiger partial charge in [0.05, 0.1) is 6.04 Å². The number of aromatic nitrogens is 1. The highest BCUT2D eigenvalue weighted by Gasteiger charge is 2.31. The van der Waals surface area contributed by atoms with E-state index in [4.69, 9.17) is 0 Å². The lowest BCUT2D eigenvalue weighted by Gasteiger charge is -2.21. The summed E-state index contributed by atoms with van der Waals surface area (Å²) in [7, 11) is 0. The third kappa shape index (κ3) is 2.16. The number of benzene rings is 1. The number of hydrogen-bond donors (Lipinski definition) is 0. The van der Waals surface area contributed by atoms with Crippen LogP contribution < -0.4 is 0 Å². The van der Waals surface area contributed by atoms with Crippen molar-refractivity contribution in [3.8, 4) is 0 Å². The maximum atomic E-state index is 12.5. The van der Waals surface area contributed by atoms with Crippen LogP contribution in [-0.4, -0.2) is 15.8 Å². The number of fused-ring (bicyclic) bond motifs is 1. The molecule has 96 valence electrons. The Balaban J connectivity index is 1.92. The third-order valence-corrected chi connectivity index (χ3v) is 4.00. The van der Waals surface area contributed by atoms with Crippen LogP contribution in [0.3, 0.4) is 0 Å². The van der Waals surface area contributed by atoms with E-state index in [1.165, 1.54) is 11.1 Å². The number of amides is 1. The van der Waals surface area contributed by atoms with Crippen LogP contribution in [0.15, 0.2) is 47.1 Å². The summed E-state index contributed by atoms with van der Waals surface area (Å²) in [6.45, 7) is 2.70. The maximum Gasteiger partial charge on any atom is 0.273 e. The molecule has 0 unspecified atom stereocenters. The van der Waals surface area contributed by atoms with Crippen molar-refractivity contribution in [3.63, 3.8) is 0 Å². The number of nitrogens with zero attached hydrogens (tertiary/aromatic N) is 2. The van der Waals surface area contributed by atoms with Crippen LogP contribution >= 0.6 is 15.9 Å². The van der Waals surface area contributed by atoms with Gasteiger partial charge in [-0.2, -0.15) is 0 Å². The lowest BCUT2D eigenvalue weighted by Crippen LogP contribution is -2.28. The van der Waals surface area contributed by atoms with Crippen molar-refractivity contribution in [2.75, 3.05) is 0 Å². The molecule has 0 radical (unpaired) electrons. The second-order valence-corrected chi connectivity index (χ2v) is 5.58. The fraction of sp³-hybridized carbons (Fsp3) is 0.200. The van der Waals surface area contributed by atoms with Gasteiger partial charge in [-0.25, -0.2) is 0 Å². The van der Waals surface area contributed by atoms with Crippen molar-refractivity contribution >= 4 is 21.8 Å². The number of carbonyl (C=O) groups is 1. The van der Waals surface area contributed by atoms with Crippen molar-refractivity contribution in [2.24, 2.45) is 0 Å². The van der Waals surface area contributed by atoms with E-state index < -0.39 is 0 Å². The minimum absolute atomic E-state index is 0.0135. The average molecular weight is 317 g/mol. The summed E-state index contributed by atoms with van der Waals surface area (Å²) < 4.78 is 1.05. The molecule has 0 N–H and O–H groups in total. The largest absolute Gasteiger partial charge is 0.326 e. The Hall–Kier alpha value is -1.68. The van der Waals surface area contributed by atoms with E-state index >= 15 is 0 Å². The molecule has 0 saturated heterocycles. The number of pyridine rings is 1. The summed E-state index contributed by atoms with van der Waals surface area (Å²) >= 11 is 3.47. The molecule has 1 amide bonds. The quantitative estimate of drug-likeness (QED) is 0.806. The molecule has 3 nitrogen and oxygen atoms in total. The van der Waals surface area contributed by atoms with Crippen LogP contribution in [0.1, 0.15) is 34.6 Å². The molecule has 1 atom stereocenters. The Labute approximate surface area is 120 Å². The molecule has 0 spiro atoms. The predicted octanol–water partition coefficient (Wildman–Crippen LogP) is 3.56. The highest BCUT2D eigenvalue weighted by molar-refractivity contribution is 9.10. The van der Waals surface area contributed by atoms with Gasteiger partial charge < -0.3 is 4.90 Å². The summed E-state index contributed by atoms with van der Waals surface area (Å²) in [4.78, 5) is 18.5. The van der Waals surface area contributed by atoms with Gasteiger partial charge in [0.15, 0.2) is 0 Å². The standard InChI is InChI=1S/C15H13BrN2O/c1-10-13-6-5-12(16)8-11(13)9-18(10)15(19)14-4-2-3-7-17-14/h2-8,10H,9H2,1H3/t10-/m1/s1. The topological polar surface area (TPSA) is 33.2 Å². The molecule has 0 bridgehead atoms. The number of rotatable bonds is 1. The third-order valence-electron chi connectivity index (χ3n) is 3.51. The van der Waals surface area contributed by atoms with Gasteiger partial charge in [0.1, 0.15) is 5.69 Å². The number of carbonyl (C=O) groups excluding carboxylic acids is 1. The Kier molecular flexibility index (Phi) is 3.11. The van der Waals surface area contributed by atoms with Gasteiger partial charge in [0.2, 0.25) is 0 Å². The van der Waals surface area contributed by atoms with Crippen molar-refractivity contribution in [2.45, 2.75) is 19.5 Å². The molecule has 2 heterocycles. The fourth-order valence-corrected chi connectivity index (χ4v) is 2.90. The first kappa shape index (κ1) is 12.4. The Morgan fingerprint density at radius 2 is 2.21 bits per heavy atom. The van der Waals surface area contributed by atoms with E-state index in [-0.39, 0.29) is 11.9 Å². The van der Waals surface area contributed by atoms with Gasteiger partial charge in [-0.3, -0.25) is 9.78 Å². The van der Waals surface area contributed by atoms with Crippen LogP contribution in [0, 0.1) is 0 Å². The molecule has 1 aliphatic rings. The number of halogens is 1. The van der Waals surface area contributed by atoms with Crippen LogP contribution in [0.5, 0.6) is 0 Å². The highest BCUT2D eigenvalue weighted by Crippen LogP contribution is 2.35. The molecule has 0 fully saturated rings. The van der Waals surface area contributed by atoms with Gasteiger partial charge in [0.25, 0.3) is 5.91 Å². The second-order valence-electron chi connectivity index (χ2n) is 4.67. The predicted molar refractivity (Wildman–Crippen MR) is 76.7 cm³/mol. The first-order valence-corrected chi connectivity index (χ1v) is 6.96. The normalized spacial score (nSPS) is 17.4. The fourth-order valence-electron chi connectivity index (χ4n) is 2.49. The van der Waals surface area contributed by atoms with E-state index in [0.29, 0.717) is 12.2 Å². The molecular formula is C15H13BrN2O. The Morgan fingerprint density at radius 3 is 2.95 bits per heavy atom. The molecule has 1 aliphatic heterocycles. The van der Waals surface area contributed by atoms with Gasteiger partial charge >= 0.3 is 0 Å². The molecule has 2 aromatic rings. The molecule has 0 aliphatic carbocycles. The summed E-state index contributed by atoms with van der Waals surface area (Å²) in [5, 5.41) is 0. The van der Waals surface area contributed by atoms with Gasteiger partial charge in [-0.15, -0.1) is 0 Å². The van der Waals surface area contributed by atoms with Crippen LogP contribution in [0.2, 0.25) is 0 Å². The zero-order valence-electron chi connectivity index (χ0n) is 10.5. The highest BCUT2D eigenvalue weighted by atomic mass is 79.9. The summed E-state index contributed by atoms with van der Waals surface area (Å²) in [6, 6.07) is 11.7. The van der Waals surface area contributed by atoms with E-state index in [0.717, 1.165) is 4.47 Å². The second kappa shape index (κ2) is 4.78. The SMILES string of the molecule is C[C@@H]1c2ccc(Br)cc2CN1C(=O)c1ccccn1. The minimum atomic E-state index is -0.0135. The molecule has 19 heavy (non-hydrogen) atoms. The van der Waals surface area contributed by atoms with Crippen LogP contribution in [-0.2, 0) is 6.54 Å². The smallest absolute Gasteiger partial charge is 0.273 e.